The Kier molecular flexibility index (Phi) is 3.96. The maximum atomic E-state index is 5.35. The topological polar surface area (TPSA) is 39.1 Å². The van der Waals surface area contributed by atoms with Crippen LogP contribution in [0.2, 0.25) is 0 Å². The standard InChI is InChI=1S/C12H21N3O/c1-10(12-8-14-15(2)9-12)13-7-11-3-5-16-6-4-11/h8-11,13H,3-7H2,1-2H3. The summed E-state index contributed by atoms with van der Waals surface area (Å²) in [5, 5.41) is 7.76. The van der Waals surface area contributed by atoms with Crippen LogP contribution >= 0.6 is 0 Å². The average molecular weight is 223 g/mol. The normalized spacial score (nSPS) is 19.9. The van der Waals surface area contributed by atoms with Gasteiger partial charge in [0.1, 0.15) is 0 Å². The van der Waals surface area contributed by atoms with Crippen LogP contribution in [0.3, 0.4) is 0 Å². The van der Waals surface area contributed by atoms with E-state index in [4.69, 9.17) is 4.74 Å². The van der Waals surface area contributed by atoms with Gasteiger partial charge in [0.2, 0.25) is 0 Å². The third kappa shape index (κ3) is 3.06. The summed E-state index contributed by atoms with van der Waals surface area (Å²) >= 11 is 0. The van der Waals surface area contributed by atoms with Crippen LogP contribution in [0.4, 0.5) is 0 Å². The Morgan fingerprint density at radius 2 is 2.31 bits per heavy atom. The molecule has 0 radical (unpaired) electrons. The predicted octanol–water partition coefficient (Wildman–Crippen LogP) is 1.50. The van der Waals surface area contributed by atoms with Gasteiger partial charge in [-0.3, -0.25) is 4.68 Å². The van der Waals surface area contributed by atoms with Gasteiger partial charge in [-0.05, 0) is 32.2 Å². The molecule has 1 N–H and O–H groups in total. The molecule has 2 heterocycles. The van der Waals surface area contributed by atoms with E-state index < -0.39 is 0 Å². The molecule has 1 aromatic heterocycles. The highest BCUT2D eigenvalue weighted by Gasteiger charge is 2.15. The SMILES string of the molecule is CC(NCC1CCOCC1)c1cnn(C)c1. The lowest BCUT2D eigenvalue weighted by atomic mass is 10.00. The predicted molar refractivity (Wildman–Crippen MR) is 63.2 cm³/mol. The Hall–Kier alpha value is -0.870. The van der Waals surface area contributed by atoms with Crippen molar-refractivity contribution in [2.75, 3.05) is 19.8 Å². The lowest BCUT2D eigenvalue weighted by molar-refractivity contribution is 0.0656. The van der Waals surface area contributed by atoms with Gasteiger partial charge in [-0.2, -0.15) is 5.10 Å². The van der Waals surface area contributed by atoms with Crippen LogP contribution < -0.4 is 5.32 Å². The van der Waals surface area contributed by atoms with Crippen LogP contribution in [0.1, 0.15) is 31.4 Å². The first-order valence-electron chi connectivity index (χ1n) is 6.05. The molecule has 1 saturated heterocycles. The Morgan fingerprint density at radius 3 is 2.94 bits per heavy atom. The molecule has 90 valence electrons. The fourth-order valence-electron chi connectivity index (χ4n) is 2.08. The summed E-state index contributed by atoms with van der Waals surface area (Å²) in [6.45, 7) is 5.12. The van der Waals surface area contributed by atoms with Gasteiger partial charge in [-0.1, -0.05) is 0 Å². The number of nitrogens with zero attached hydrogens (tertiary/aromatic N) is 2. The van der Waals surface area contributed by atoms with Gasteiger partial charge in [0.05, 0.1) is 6.20 Å². The van der Waals surface area contributed by atoms with Gasteiger partial charge in [-0.15, -0.1) is 0 Å². The summed E-state index contributed by atoms with van der Waals surface area (Å²) in [6, 6.07) is 0.386. The van der Waals surface area contributed by atoms with E-state index in [1.165, 1.54) is 18.4 Å². The number of hydrogen-bond donors (Lipinski definition) is 1. The average Bonchev–Trinajstić information content (AvgIpc) is 2.74. The van der Waals surface area contributed by atoms with Crippen LogP contribution in [0.5, 0.6) is 0 Å². The van der Waals surface area contributed by atoms with Crippen molar-refractivity contribution >= 4 is 0 Å². The molecule has 0 bridgehead atoms. The van der Waals surface area contributed by atoms with Crippen LogP contribution in [0.15, 0.2) is 12.4 Å². The molecule has 1 fully saturated rings. The molecule has 0 spiro atoms. The van der Waals surface area contributed by atoms with E-state index in [0.29, 0.717) is 6.04 Å². The first kappa shape index (κ1) is 11.6. The molecule has 16 heavy (non-hydrogen) atoms. The van der Waals surface area contributed by atoms with Crippen molar-refractivity contribution in [2.24, 2.45) is 13.0 Å². The molecule has 0 aromatic carbocycles. The zero-order valence-electron chi connectivity index (χ0n) is 10.1. The van der Waals surface area contributed by atoms with E-state index in [-0.39, 0.29) is 0 Å². The molecule has 4 heteroatoms. The zero-order valence-corrected chi connectivity index (χ0v) is 10.1. The van der Waals surface area contributed by atoms with Crippen LogP contribution in [-0.4, -0.2) is 29.5 Å². The molecule has 4 nitrogen and oxygen atoms in total. The number of ether oxygens (including phenoxy) is 1. The summed E-state index contributed by atoms with van der Waals surface area (Å²) in [4.78, 5) is 0. The minimum absolute atomic E-state index is 0.386. The molecule has 1 aliphatic rings. The summed E-state index contributed by atoms with van der Waals surface area (Å²) in [5.74, 6) is 0.771. The lowest BCUT2D eigenvalue weighted by Crippen LogP contribution is -2.29. The van der Waals surface area contributed by atoms with Gasteiger partial charge in [-0.25, -0.2) is 0 Å². The summed E-state index contributed by atoms with van der Waals surface area (Å²) < 4.78 is 7.20. The number of aryl methyl sites for hydroxylation is 1. The van der Waals surface area contributed by atoms with E-state index in [0.717, 1.165) is 25.7 Å². The molecular weight excluding hydrogens is 202 g/mol. The highest BCUT2D eigenvalue weighted by atomic mass is 16.5. The van der Waals surface area contributed by atoms with E-state index in [9.17, 15) is 0 Å². The Morgan fingerprint density at radius 1 is 1.56 bits per heavy atom. The van der Waals surface area contributed by atoms with Crippen LogP contribution in [0.25, 0.3) is 0 Å². The monoisotopic (exact) mass is 223 g/mol. The lowest BCUT2D eigenvalue weighted by Gasteiger charge is -2.24. The molecule has 2 rings (SSSR count). The van der Waals surface area contributed by atoms with Crippen molar-refractivity contribution in [1.82, 2.24) is 15.1 Å². The van der Waals surface area contributed by atoms with Crippen LogP contribution in [0, 0.1) is 5.92 Å². The van der Waals surface area contributed by atoms with E-state index in [1.807, 2.05) is 17.9 Å². The molecule has 1 aliphatic heterocycles. The first-order valence-corrected chi connectivity index (χ1v) is 6.05. The minimum Gasteiger partial charge on any atom is -0.381 e. The van der Waals surface area contributed by atoms with Crippen molar-refractivity contribution in [3.8, 4) is 0 Å². The Labute approximate surface area is 97.0 Å². The third-order valence-corrected chi connectivity index (χ3v) is 3.28. The van der Waals surface area contributed by atoms with Crippen molar-refractivity contribution in [2.45, 2.75) is 25.8 Å². The molecular formula is C12H21N3O. The number of aromatic nitrogens is 2. The van der Waals surface area contributed by atoms with Gasteiger partial charge >= 0.3 is 0 Å². The highest BCUT2D eigenvalue weighted by molar-refractivity contribution is 5.08. The van der Waals surface area contributed by atoms with Crippen molar-refractivity contribution in [1.29, 1.82) is 0 Å². The maximum absolute atomic E-state index is 5.35. The molecule has 0 aliphatic carbocycles. The minimum atomic E-state index is 0.386. The highest BCUT2D eigenvalue weighted by Crippen LogP contribution is 2.16. The summed E-state index contributed by atoms with van der Waals surface area (Å²) in [7, 11) is 1.95. The fraction of sp³-hybridized carbons (Fsp3) is 0.750. The zero-order chi connectivity index (χ0) is 11.4. The second-order valence-electron chi connectivity index (χ2n) is 4.63. The second kappa shape index (κ2) is 5.46. The van der Waals surface area contributed by atoms with Crippen molar-refractivity contribution in [3.05, 3.63) is 18.0 Å². The molecule has 1 unspecified atom stereocenters. The number of nitrogens with one attached hydrogen (secondary N) is 1. The molecule has 1 aromatic rings. The van der Waals surface area contributed by atoms with Gasteiger partial charge in [0.25, 0.3) is 0 Å². The van der Waals surface area contributed by atoms with Gasteiger partial charge < -0.3 is 10.1 Å². The van der Waals surface area contributed by atoms with Gasteiger partial charge in [0, 0.05) is 38.1 Å². The Bertz CT molecular complexity index is 318. The van der Waals surface area contributed by atoms with Crippen molar-refractivity contribution in [3.63, 3.8) is 0 Å². The maximum Gasteiger partial charge on any atom is 0.0537 e. The number of hydrogen-bond acceptors (Lipinski definition) is 3. The first-order chi connectivity index (χ1) is 7.75. The fourth-order valence-corrected chi connectivity index (χ4v) is 2.08. The third-order valence-electron chi connectivity index (χ3n) is 3.28. The van der Waals surface area contributed by atoms with E-state index >= 15 is 0 Å². The summed E-state index contributed by atoms with van der Waals surface area (Å²) in [6.07, 6.45) is 6.38. The smallest absolute Gasteiger partial charge is 0.0537 e. The number of rotatable bonds is 4. The van der Waals surface area contributed by atoms with Crippen LogP contribution in [-0.2, 0) is 11.8 Å². The second-order valence-corrected chi connectivity index (χ2v) is 4.63. The van der Waals surface area contributed by atoms with Gasteiger partial charge in [0.15, 0.2) is 0 Å². The molecule has 0 amide bonds. The molecule has 0 saturated carbocycles. The molecule has 1 atom stereocenters. The summed E-state index contributed by atoms with van der Waals surface area (Å²) in [5.41, 5.74) is 1.26. The van der Waals surface area contributed by atoms with Crippen molar-refractivity contribution < 1.29 is 4.74 Å². The Balaban J connectivity index is 1.76. The quantitative estimate of drug-likeness (QED) is 0.840. The largest absolute Gasteiger partial charge is 0.381 e. The van der Waals surface area contributed by atoms with E-state index in [2.05, 4.69) is 23.5 Å². The van der Waals surface area contributed by atoms with E-state index in [1.54, 1.807) is 0 Å².